The van der Waals surface area contributed by atoms with E-state index in [9.17, 15) is 14.3 Å². The molecule has 37 heavy (non-hydrogen) atoms. The first-order valence-corrected chi connectivity index (χ1v) is 13.5. The van der Waals surface area contributed by atoms with E-state index in [4.69, 9.17) is 16.3 Å². The van der Waals surface area contributed by atoms with Gasteiger partial charge < -0.3 is 20.1 Å². The molecule has 1 aliphatic carbocycles. The lowest BCUT2D eigenvalue weighted by atomic mass is 9.83. The van der Waals surface area contributed by atoms with Gasteiger partial charge in [-0.1, -0.05) is 29.8 Å². The summed E-state index contributed by atoms with van der Waals surface area (Å²) < 4.78 is 19.2. The molecule has 2 N–H and O–H groups in total. The summed E-state index contributed by atoms with van der Waals surface area (Å²) in [6.45, 7) is 2.33. The molecule has 1 saturated heterocycles. The molecule has 2 aromatic carbocycles. The smallest absolute Gasteiger partial charge is 0.252 e. The van der Waals surface area contributed by atoms with E-state index in [0.29, 0.717) is 30.2 Å². The second kappa shape index (κ2) is 11.8. The maximum atomic E-state index is 13.3. The minimum absolute atomic E-state index is 0.0250. The zero-order valence-corrected chi connectivity index (χ0v) is 21.5. The standard InChI is InChI=1S/C29H33ClFN3O3/c30-24-17-20(31)7-10-27(24)37-28-13-16-34(18-26(28)35)15-12-19-5-8-21(9-6-19)33-29(36)23-11-14-32-25-4-2-1-3-22(23)25/h1-4,7,10-11,14,17,19,21,26,28,35H,5-6,8-9,12-13,15-16,18H2,(H,33,36)/t19-,21-,26-,28-/m0/s1. The van der Waals surface area contributed by atoms with Crippen LogP contribution in [-0.2, 0) is 0 Å². The lowest BCUT2D eigenvalue weighted by molar-refractivity contribution is -0.0266. The number of pyridine rings is 1. The molecule has 1 saturated carbocycles. The van der Waals surface area contributed by atoms with Gasteiger partial charge in [-0.05, 0) is 81.3 Å². The second-order valence-corrected chi connectivity index (χ2v) is 10.7. The maximum Gasteiger partial charge on any atom is 0.252 e. The van der Waals surface area contributed by atoms with Crippen LogP contribution in [0.2, 0.25) is 5.02 Å². The highest BCUT2D eigenvalue weighted by atomic mass is 35.5. The van der Waals surface area contributed by atoms with Gasteiger partial charge in [-0.3, -0.25) is 9.78 Å². The van der Waals surface area contributed by atoms with Crippen LogP contribution in [0.1, 0.15) is 48.9 Å². The summed E-state index contributed by atoms with van der Waals surface area (Å²) in [5.74, 6) is 0.593. The predicted octanol–water partition coefficient (Wildman–Crippen LogP) is 5.22. The van der Waals surface area contributed by atoms with Gasteiger partial charge in [-0.25, -0.2) is 4.39 Å². The number of piperidine rings is 1. The van der Waals surface area contributed by atoms with Crippen molar-refractivity contribution >= 4 is 28.4 Å². The number of halogens is 2. The largest absolute Gasteiger partial charge is 0.486 e. The number of carbonyl (C=O) groups excluding carboxylic acids is 1. The van der Waals surface area contributed by atoms with Gasteiger partial charge in [0, 0.05) is 30.7 Å². The molecule has 0 radical (unpaired) electrons. The third-order valence-corrected chi connectivity index (χ3v) is 8.00. The monoisotopic (exact) mass is 525 g/mol. The van der Waals surface area contributed by atoms with Crippen molar-refractivity contribution in [2.24, 2.45) is 5.92 Å². The van der Waals surface area contributed by atoms with E-state index in [1.54, 1.807) is 12.3 Å². The van der Waals surface area contributed by atoms with E-state index in [1.165, 1.54) is 18.2 Å². The fourth-order valence-electron chi connectivity index (χ4n) is 5.57. The van der Waals surface area contributed by atoms with Gasteiger partial charge in [0.1, 0.15) is 23.8 Å². The molecule has 2 aliphatic rings. The van der Waals surface area contributed by atoms with Crippen molar-refractivity contribution in [2.75, 3.05) is 19.6 Å². The van der Waals surface area contributed by atoms with Crippen LogP contribution in [0.4, 0.5) is 4.39 Å². The van der Waals surface area contributed by atoms with Crippen LogP contribution < -0.4 is 10.1 Å². The number of fused-ring (bicyclic) bond motifs is 1. The first-order chi connectivity index (χ1) is 18.0. The molecule has 1 amide bonds. The predicted molar refractivity (Wildman–Crippen MR) is 142 cm³/mol. The van der Waals surface area contributed by atoms with Gasteiger partial charge in [0.25, 0.3) is 5.91 Å². The average Bonchev–Trinajstić information content (AvgIpc) is 2.90. The molecule has 196 valence electrons. The number of para-hydroxylation sites is 1. The number of likely N-dealkylation sites (tertiary alicyclic amines) is 1. The SMILES string of the molecule is O=C(N[C@H]1CC[C@H](CCN2CC[C@H](Oc3ccc(F)cc3Cl)[C@@H](O)C2)CC1)c1ccnc2ccccc12. The first-order valence-electron chi connectivity index (χ1n) is 13.1. The number of aromatic nitrogens is 1. The molecular formula is C29H33ClFN3O3. The van der Waals surface area contributed by atoms with E-state index in [1.807, 2.05) is 24.3 Å². The summed E-state index contributed by atoms with van der Waals surface area (Å²) >= 11 is 6.07. The van der Waals surface area contributed by atoms with Crippen molar-refractivity contribution in [1.82, 2.24) is 15.2 Å². The van der Waals surface area contributed by atoms with E-state index < -0.39 is 11.9 Å². The molecule has 6 nitrogen and oxygen atoms in total. The van der Waals surface area contributed by atoms with Crippen molar-refractivity contribution in [3.05, 3.63) is 71.1 Å². The summed E-state index contributed by atoms with van der Waals surface area (Å²) in [6, 6.07) is 13.8. The van der Waals surface area contributed by atoms with E-state index >= 15 is 0 Å². The molecule has 3 aromatic rings. The summed E-state index contributed by atoms with van der Waals surface area (Å²) in [4.78, 5) is 19.6. The number of amides is 1. The number of hydrogen-bond donors (Lipinski definition) is 2. The van der Waals surface area contributed by atoms with E-state index in [-0.39, 0.29) is 23.1 Å². The minimum atomic E-state index is -0.620. The van der Waals surface area contributed by atoms with Crippen molar-refractivity contribution in [3.63, 3.8) is 0 Å². The number of carbonyl (C=O) groups is 1. The lowest BCUT2D eigenvalue weighted by Crippen LogP contribution is -2.49. The molecule has 1 aromatic heterocycles. The van der Waals surface area contributed by atoms with Gasteiger partial charge in [-0.2, -0.15) is 0 Å². The normalized spacial score (nSPS) is 24.6. The Morgan fingerprint density at radius 1 is 1.14 bits per heavy atom. The summed E-state index contributed by atoms with van der Waals surface area (Å²) in [7, 11) is 0. The molecule has 1 aliphatic heterocycles. The van der Waals surface area contributed by atoms with Crippen LogP contribution in [0.5, 0.6) is 5.75 Å². The van der Waals surface area contributed by atoms with Crippen LogP contribution in [0.25, 0.3) is 10.9 Å². The Hall–Kier alpha value is -2.74. The molecule has 2 fully saturated rings. The number of nitrogens with one attached hydrogen (secondary N) is 1. The van der Waals surface area contributed by atoms with Crippen molar-refractivity contribution in [3.8, 4) is 5.75 Å². The number of hydrogen-bond acceptors (Lipinski definition) is 5. The first kappa shape index (κ1) is 25.9. The lowest BCUT2D eigenvalue weighted by Gasteiger charge is -2.37. The number of rotatable bonds is 7. The molecule has 0 unspecified atom stereocenters. The van der Waals surface area contributed by atoms with Crippen LogP contribution in [-0.4, -0.2) is 58.8 Å². The second-order valence-electron chi connectivity index (χ2n) is 10.2. The fraction of sp³-hybridized carbons (Fsp3) is 0.448. The van der Waals surface area contributed by atoms with Crippen molar-refractivity contribution in [1.29, 1.82) is 0 Å². The van der Waals surface area contributed by atoms with Gasteiger partial charge >= 0.3 is 0 Å². The zero-order chi connectivity index (χ0) is 25.8. The van der Waals surface area contributed by atoms with Crippen LogP contribution >= 0.6 is 11.6 Å². The Labute approximate surface area is 221 Å². The van der Waals surface area contributed by atoms with Gasteiger partial charge in [0.05, 0.1) is 16.1 Å². The summed E-state index contributed by atoms with van der Waals surface area (Å²) in [5, 5.41) is 15.0. The number of β-amino-alcohol motifs (C(OH)–C–C–N with tert-alkyl or cyclic N) is 1. The van der Waals surface area contributed by atoms with Gasteiger partial charge in [0.15, 0.2) is 0 Å². The number of aliphatic hydroxyl groups excluding tert-OH is 1. The van der Waals surface area contributed by atoms with Crippen LogP contribution in [0.15, 0.2) is 54.7 Å². The average molecular weight is 526 g/mol. The van der Waals surface area contributed by atoms with Gasteiger partial charge in [0.2, 0.25) is 0 Å². The van der Waals surface area contributed by atoms with Gasteiger partial charge in [-0.15, -0.1) is 0 Å². The maximum absolute atomic E-state index is 13.3. The number of benzene rings is 2. The topological polar surface area (TPSA) is 74.7 Å². The highest BCUT2D eigenvalue weighted by molar-refractivity contribution is 6.32. The number of nitrogens with zero attached hydrogens (tertiary/aromatic N) is 2. The molecule has 0 bridgehead atoms. The number of ether oxygens (including phenoxy) is 1. The van der Waals surface area contributed by atoms with Crippen molar-refractivity contribution < 1.29 is 19.0 Å². The molecular weight excluding hydrogens is 493 g/mol. The Bertz CT molecular complexity index is 1230. The fourth-order valence-corrected chi connectivity index (χ4v) is 5.78. The zero-order valence-electron chi connectivity index (χ0n) is 20.8. The third-order valence-electron chi connectivity index (χ3n) is 7.71. The Balaban J connectivity index is 1.04. The van der Waals surface area contributed by atoms with E-state index in [2.05, 4.69) is 15.2 Å². The Kier molecular flexibility index (Phi) is 8.23. The van der Waals surface area contributed by atoms with E-state index in [0.717, 1.165) is 56.1 Å². The van der Waals surface area contributed by atoms with Crippen molar-refractivity contribution in [2.45, 2.75) is 56.8 Å². The molecule has 8 heteroatoms. The summed E-state index contributed by atoms with van der Waals surface area (Å²) in [6.07, 6.45) is 6.64. The quantitative estimate of drug-likeness (QED) is 0.442. The molecule has 0 spiro atoms. The molecule has 2 atom stereocenters. The highest BCUT2D eigenvalue weighted by Gasteiger charge is 2.30. The number of aliphatic hydroxyl groups is 1. The minimum Gasteiger partial charge on any atom is -0.486 e. The summed E-state index contributed by atoms with van der Waals surface area (Å²) in [5.41, 5.74) is 1.51. The van der Waals surface area contributed by atoms with Crippen LogP contribution in [0.3, 0.4) is 0 Å². The van der Waals surface area contributed by atoms with Crippen LogP contribution in [0, 0.1) is 11.7 Å². The Morgan fingerprint density at radius 3 is 2.73 bits per heavy atom. The third kappa shape index (κ3) is 6.40. The molecule has 5 rings (SSSR count). The Morgan fingerprint density at radius 2 is 1.95 bits per heavy atom. The highest BCUT2D eigenvalue weighted by Crippen LogP contribution is 2.30. The molecule has 2 heterocycles.